The first-order valence-electron chi connectivity index (χ1n) is 7.28. The van der Waals surface area contributed by atoms with Gasteiger partial charge in [0.2, 0.25) is 0 Å². The molecule has 0 bridgehead atoms. The van der Waals surface area contributed by atoms with Crippen molar-refractivity contribution >= 4 is 0 Å². The summed E-state index contributed by atoms with van der Waals surface area (Å²) in [6.45, 7) is 2.19. The van der Waals surface area contributed by atoms with Crippen LogP contribution in [0.3, 0.4) is 0 Å². The van der Waals surface area contributed by atoms with Crippen molar-refractivity contribution in [2.24, 2.45) is 0 Å². The highest BCUT2D eigenvalue weighted by molar-refractivity contribution is 5.27. The van der Waals surface area contributed by atoms with Crippen molar-refractivity contribution in [3.8, 4) is 5.75 Å². The van der Waals surface area contributed by atoms with Crippen molar-refractivity contribution in [1.29, 1.82) is 0 Å². The third-order valence-corrected chi connectivity index (χ3v) is 3.39. The summed E-state index contributed by atoms with van der Waals surface area (Å²) in [5.41, 5.74) is 1.26. The molecule has 0 spiro atoms. The molecule has 1 aliphatic carbocycles. The molecule has 1 saturated carbocycles. The Balaban J connectivity index is 1.81. The largest absolute Gasteiger partial charge is 0.487 e. The third kappa shape index (κ3) is 5.49. The van der Waals surface area contributed by atoms with Crippen molar-refractivity contribution in [3.63, 3.8) is 0 Å². The molecular formula is C16H25NO3. The Morgan fingerprint density at radius 2 is 1.90 bits per heavy atom. The van der Waals surface area contributed by atoms with Crippen LogP contribution in [0, 0.1) is 0 Å². The highest BCUT2D eigenvalue weighted by atomic mass is 16.5. The van der Waals surface area contributed by atoms with Crippen LogP contribution in [-0.2, 0) is 15.9 Å². The van der Waals surface area contributed by atoms with Crippen LogP contribution in [0.15, 0.2) is 24.3 Å². The molecule has 0 aromatic heterocycles. The molecule has 0 heterocycles. The van der Waals surface area contributed by atoms with Crippen molar-refractivity contribution in [2.45, 2.75) is 31.4 Å². The van der Waals surface area contributed by atoms with E-state index in [0.29, 0.717) is 12.6 Å². The lowest BCUT2D eigenvalue weighted by atomic mass is 10.1. The quantitative estimate of drug-likeness (QED) is 0.711. The summed E-state index contributed by atoms with van der Waals surface area (Å²) >= 11 is 0. The van der Waals surface area contributed by atoms with Gasteiger partial charge in [0.25, 0.3) is 0 Å². The monoisotopic (exact) mass is 279 g/mol. The first-order valence-corrected chi connectivity index (χ1v) is 7.28. The number of hydrogen-bond donors (Lipinski definition) is 1. The van der Waals surface area contributed by atoms with Gasteiger partial charge in [0.1, 0.15) is 11.9 Å². The van der Waals surface area contributed by atoms with Crippen molar-refractivity contribution in [3.05, 3.63) is 29.8 Å². The molecule has 20 heavy (non-hydrogen) atoms. The maximum atomic E-state index is 5.97. The summed E-state index contributed by atoms with van der Waals surface area (Å²) in [6, 6.07) is 8.91. The van der Waals surface area contributed by atoms with E-state index in [0.717, 1.165) is 25.3 Å². The fourth-order valence-corrected chi connectivity index (χ4v) is 2.05. The van der Waals surface area contributed by atoms with Crippen LogP contribution in [0.2, 0.25) is 0 Å². The Kier molecular flexibility index (Phi) is 6.30. The van der Waals surface area contributed by atoms with E-state index in [1.807, 2.05) is 12.1 Å². The van der Waals surface area contributed by atoms with Crippen LogP contribution in [0.25, 0.3) is 0 Å². The predicted molar refractivity (Wildman–Crippen MR) is 79.3 cm³/mol. The summed E-state index contributed by atoms with van der Waals surface area (Å²) < 4.78 is 16.3. The lowest BCUT2D eigenvalue weighted by molar-refractivity contribution is 0.0804. The highest BCUT2D eigenvalue weighted by Gasteiger charge is 2.22. The molecule has 112 valence electrons. The molecule has 1 atom stereocenters. The van der Waals surface area contributed by atoms with Crippen molar-refractivity contribution in [2.75, 3.05) is 34.0 Å². The minimum atomic E-state index is 0.0606. The van der Waals surface area contributed by atoms with Crippen LogP contribution in [-0.4, -0.2) is 46.1 Å². The first-order chi connectivity index (χ1) is 9.81. The molecule has 1 N–H and O–H groups in total. The van der Waals surface area contributed by atoms with E-state index in [4.69, 9.17) is 14.2 Å². The number of benzene rings is 1. The van der Waals surface area contributed by atoms with E-state index in [2.05, 4.69) is 17.4 Å². The van der Waals surface area contributed by atoms with Gasteiger partial charge in [0.15, 0.2) is 0 Å². The van der Waals surface area contributed by atoms with Crippen LogP contribution >= 0.6 is 0 Å². The molecule has 1 unspecified atom stereocenters. The zero-order chi connectivity index (χ0) is 14.2. The fourth-order valence-electron chi connectivity index (χ4n) is 2.05. The lowest BCUT2D eigenvalue weighted by Crippen LogP contribution is -2.35. The second kappa shape index (κ2) is 8.25. The maximum Gasteiger partial charge on any atom is 0.134 e. The summed E-state index contributed by atoms with van der Waals surface area (Å²) in [5, 5.41) is 3.48. The molecular weight excluding hydrogens is 254 g/mol. The van der Waals surface area contributed by atoms with E-state index in [1.165, 1.54) is 18.4 Å². The van der Waals surface area contributed by atoms with Crippen LogP contribution in [0.5, 0.6) is 5.75 Å². The number of ether oxygens (including phenoxy) is 3. The SMILES string of the molecule is COCCc1ccc(OC(CNC2CC2)COC)cc1. The standard InChI is InChI=1S/C16H25NO3/c1-18-10-9-13-3-7-15(8-4-13)20-16(12-19-2)11-17-14-5-6-14/h3-4,7-8,14,16-17H,5-6,9-12H2,1-2H3. The fraction of sp³-hybridized carbons (Fsp3) is 0.625. The summed E-state index contributed by atoms with van der Waals surface area (Å²) in [5.74, 6) is 0.894. The van der Waals surface area contributed by atoms with Gasteiger partial charge in [-0.15, -0.1) is 0 Å². The van der Waals surface area contributed by atoms with Gasteiger partial charge in [-0.25, -0.2) is 0 Å². The average Bonchev–Trinajstić information content (AvgIpc) is 3.28. The molecule has 1 aromatic carbocycles. The first kappa shape index (κ1) is 15.3. The molecule has 0 amide bonds. The maximum absolute atomic E-state index is 5.97. The Bertz CT molecular complexity index is 376. The second-order valence-corrected chi connectivity index (χ2v) is 5.26. The third-order valence-electron chi connectivity index (χ3n) is 3.39. The van der Waals surface area contributed by atoms with Gasteiger partial charge >= 0.3 is 0 Å². The van der Waals surface area contributed by atoms with Gasteiger partial charge in [-0.3, -0.25) is 0 Å². The van der Waals surface area contributed by atoms with Crippen molar-refractivity contribution < 1.29 is 14.2 Å². The van der Waals surface area contributed by atoms with E-state index < -0.39 is 0 Å². The number of nitrogens with one attached hydrogen (secondary N) is 1. The Labute approximate surface area is 121 Å². The second-order valence-electron chi connectivity index (χ2n) is 5.26. The highest BCUT2D eigenvalue weighted by Crippen LogP contribution is 2.19. The van der Waals surface area contributed by atoms with Crippen LogP contribution in [0.4, 0.5) is 0 Å². The number of methoxy groups -OCH3 is 2. The molecule has 4 heteroatoms. The normalized spacial score (nSPS) is 16.1. The summed E-state index contributed by atoms with van der Waals surface area (Å²) in [6.07, 6.45) is 3.56. The minimum absolute atomic E-state index is 0.0606. The van der Waals surface area contributed by atoms with E-state index in [1.54, 1.807) is 14.2 Å². The number of rotatable bonds is 10. The van der Waals surface area contributed by atoms with Gasteiger partial charge < -0.3 is 19.5 Å². The zero-order valence-corrected chi connectivity index (χ0v) is 12.4. The number of hydrogen-bond acceptors (Lipinski definition) is 4. The van der Waals surface area contributed by atoms with Gasteiger partial charge in [-0.05, 0) is 37.0 Å². The van der Waals surface area contributed by atoms with Gasteiger partial charge in [-0.2, -0.15) is 0 Å². The topological polar surface area (TPSA) is 39.7 Å². The molecule has 0 aliphatic heterocycles. The van der Waals surface area contributed by atoms with E-state index in [-0.39, 0.29) is 6.10 Å². The molecule has 1 aromatic rings. The summed E-state index contributed by atoms with van der Waals surface area (Å²) in [4.78, 5) is 0. The Morgan fingerprint density at radius 1 is 1.15 bits per heavy atom. The average molecular weight is 279 g/mol. The predicted octanol–water partition coefficient (Wildman–Crippen LogP) is 2.02. The molecule has 2 rings (SSSR count). The van der Waals surface area contributed by atoms with E-state index in [9.17, 15) is 0 Å². The summed E-state index contributed by atoms with van der Waals surface area (Å²) in [7, 11) is 3.43. The molecule has 0 saturated heterocycles. The van der Waals surface area contributed by atoms with Gasteiger partial charge in [0, 0.05) is 26.8 Å². The zero-order valence-electron chi connectivity index (χ0n) is 12.4. The van der Waals surface area contributed by atoms with Crippen LogP contribution < -0.4 is 10.1 Å². The molecule has 1 fully saturated rings. The van der Waals surface area contributed by atoms with E-state index >= 15 is 0 Å². The van der Waals surface area contributed by atoms with Crippen molar-refractivity contribution in [1.82, 2.24) is 5.32 Å². The van der Waals surface area contributed by atoms with Crippen LogP contribution in [0.1, 0.15) is 18.4 Å². The van der Waals surface area contributed by atoms with Gasteiger partial charge in [-0.1, -0.05) is 12.1 Å². The van der Waals surface area contributed by atoms with Gasteiger partial charge in [0.05, 0.1) is 13.2 Å². The molecule has 1 aliphatic rings. The Hall–Kier alpha value is -1.10. The lowest BCUT2D eigenvalue weighted by Gasteiger charge is -2.19. The Morgan fingerprint density at radius 3 is 2.50 bits per heavy atom. The molecule has 0 radical (unpaired) electrons. The molecule has 4 nitrogen and oxygen atoms in total. The minimum Gasteiger partial charge on any atom is -0.487 e. The smallest absolute Gasteiger partial charge is 0.134 e.